The van der Waals surface area contributed by atoms with Gasteiger partial charge in [-0.3, -0.25) is 9.69 Å². The largest absolute Gasteiger partial charge is 0.340 e. The Kier molecular flexibility index (Phi) is 5.19. The van der Waals surface area contributed by atoms with Crippen molar-refractivity contribution in [3.05, 3.63) is 34.6 Å². The lowest BCUT2D eigenvalue weighted by atomic mass is 10.1. The Morgan fingerprint density at radius 1 is 1.26 bits per heavy atom. The van der Waals surface area contributed by atoms with Crippen LogP contribution in [0.1, 0.15) is 24.8 Å². The number of rotatable bonds is 3. The van der Waals surface area contributed by atoms with Gasteiger partial charge in [-0.25, -0.2) is 4.39 Å². The minimum Gasteiger partial charge on any atom is -0.340 e. The van der Waals surface area contributed by atoms with Crippen LogP contribution in [-0.2, 0) is 11.3 Å². The first-order valence-corrected chi connectivity index (χ1v) is 8.62. The monoisotopic (exact) mass is 339 g/mol. The summed E-state index contributed by atoms with van der Waals surface area (Å²) in [4.78, 5) is 16.6. The fourth-order valence-electron chi connectivity index (χ4n) is 3.53. The average molecular weight is 340 g/mol. The van der Waals surface area contributed by atoms with Gasteiger partial charge < -0.3 is 10.6 Å². The van der Waals surface area contributed by atoms with Gasteiger partial charge in [0.1, 0.15) is 5.82 Å². The summed E-state index contributed by atoms with van der Waals surface area (Å²) in [6, 6.07) is 4.94. The van der Waals surface area contributed by atoms with E-state index in [2.05, 4.69) is 4.90 Å². The molecule has 1 aliphatic carbocycles. The third-order valence-electron chi connectivity index (χ3n) is 4.95. The van der Waals surface area contributed by atoms with Crippen molar-refractivity contribution in [1.82, 2.24) is 9.80 Å². The number of nitrogens with zero attached hydrogens (tertiary/aromatic N) is 2. The van der Waals surface area contributed by atoms with Crippen molar-refractivity contribution < 1.29 is 9.18 Å². The van der Waals surface area contributed by atoms with Crippen LogP contribution in [-0.4, -0.2) is 47.9 Å². The van der Waals surface area contributed by atoms with Gasteiger partial charge in [0.25, 0.3) is 0 Å². The van der Waals surface area contributed by atoms with E-state index in [9.17, 15) is 9.18 Å². The van der Waals surface area contributed by atoms with Gasteiger partial charge in [-0.15, -0.1) is 0 Å². The normalized spacial score (nSPS) is 25.8. The average Bonchev–Trinajstić information content (AvgIpc) is 2.97. The molecule has 4 nitrogen and oxygen atoms in total. The van der Waals surface area contributed by atoms with Crippen molar-refractivity contribution in [3.8, 4) is 0 Å². The Bertz CT molecular complexity index is 555. The van der Waals surface area contributed by atoms with Gasteiger partial charge in [0.05, 0.1) is 0 Å². The summed E-state index contributed by atoms with van der Waals surface area (Å²) < 4.78 is 13.9. The molecule has 3 rings (SSSR count). The highest BCUT2D eigenvalue weighted by Gasteiger charge is 2.32. The first kappa shape index (κ1) is 16.7. The molecule has 2 aliphatic rings. The Labute approximate surface area is 141 Å². The molecule has 1 heterocycles. The minimum absolute atomic E-state index is 0.0950. The molecule has 1 saturated carbocycles. The number of amides is 1. The minimum atomic E-state index is -0.268. The molecule has 6 heteroatoms. The maximum Gasteiger partial charge on any atom is 0.225 e. The highest BCUT2D eigenvalue weighted by Crippen LogP contribution is 2.27. The summed E-state index contributed by atoms with van der Waals surface area (Å²) in [6.07, 6.45) is 2.66. The maximum atomic E-state index is 13.9. The van der Waals surface area contributed by atoms with Crippen molar-refractivity contribution in [1.29, 1.82) is 0 Å². The number of carbonyl (C=O) groups excluding carboxylic acids is 1. The molecular weight excluding hydrogens is 317 g/mol. The molecule has 1 aromatic rings. The molecule has 23 heavy (non-hydrogen) atoms. The lowest BCUT2D eigenvalue weighted by Crippen LogP contribution is -2.49. The standard InChI is InChI=1S/C17H23ClFN3O/c18-15-2-1-3-16(19)14(15)11-21-6-8-22(9-7-21)17(23)12-4-5-13(20)10-12/h1-3,12-13H,4-11,20H2/t12-,13+/m0/s1. The molecule has 1 saturated heterocycles. The summed E-state index contributed by atoms with van der Waals surface area (Å²) in [5.41, 5.74) is 6.44. The molecule has 2 fully saturated rings. The Morgan fingerprint density at radius 3 is 2.61 bits per heavy atom. The number of nitrogens with two attached hydrogens (primary N) is 1. The van der Waals surface area contributed by atoms with Crippen molar-refractivity contribution >= 4 is 17.5 Å². The lowest BCUT2D eigenvalue weighted by Gasteiger charge is -2.36. The molecule has 0 radical (unpaired) electrons. The van der Waals surface area contributed by atoms with E-state index in [1.54, 1.807) is 12.1 Å². The molecule has 126 valence electrons. The second-order valence-corrected chi connectivity index (χ2v) is 6.98. The predicted molar refractivity (Wildman–Crippen MR) is 88.6 cm³/mol. The van der Waals surface area contributed by atoms with E-state index in [1.807, 2.05) is 4.90 Å². The number of piperazine rings is 1. The summed E-state index contributed by atoms with van der Waals surface area (Å²) in [5.74, 6) is 0.0648. The zero-order valence-corrected chi connectivity index (χ0v) is 13.9. The van der Waals surface area contributed by atoms with E-state index in [0.29, 0.717) is 30.2 Å². The molecule has 0 bridgehead atoms. The summed E-state index contributed by atoms with van der Waals surface area (Å²) in [5, 5.41) is 0.462. The van der Waals surface area contributed by atoms with Crippen LogP contribution >= 0.6 is 11.6 Å². The third kappa shape index (κ3) is 3.84. The summed E-state index contributed by atoms with van der Waals surface area (Å²) in [6.45, 7) is 3.36. The second kappa shape index (κ2) is 7.16. The zero-order valence-electron chi connectivity index (χ0n) is 13.2. The molecule has 0 aromatic heterocycles. The van der Waals surface area contributed by atoms with Crippen molar-refractivity contribution in [2.24, 2.45) is 11.7 Å². The molecular formula is C17H23ClFN3O. The number of benzene rings is 1. The van der Waals surface area contributed by atoms with E-state index in [4.69, 9.17) is 17.3 Å². The molecule has 2 N–H and O–H groups in total. The van der Waals surface area contributed by atoms with Gasteiger partial charge in [0.2, 0.25) is 5.91 Å². The second-order valence-electron chi connectivity index (χ2n) is 6.57. The molecule has 0 spiro atoms. The van der Waals surface area contributed by atoms with Gasteiger partial charge in [-0.05, 0) is 31.4 Å². The van der Waals surface area contributed by atoms with Gasteiger partial charge >= 0.3 is 0 Å². The number of carbonyl (C=O) groups is 1. The number of hydrogen-bond acceptors (Lipinski definition) is 3. The first-order chi connectivity index (χ1) is 11.0. The van der Waals surface area contributed by atoms with E-state index in [-0.39, 0.29) is 23.7 Å². The predicted octanol–water partition coefficient (Wildman–Crippen LogP) is 2.25. The number of halogens is 2. The molecule has 2 atom stereocenters. The van der Waals surface area contributed by atoms with Crippen LogP contribution in [0.2, 0.25) is 5.02 Å². The van der Waals surface area contributed by atoms with Gasteiger partial charge in [0.15, 0.2) is 0 Å². The fourth-order valence-corrected chi connectivity index (χ4v) is 3.76. The van der Waals surface area contributed by atoms with Crippen LogP contribution in [0.4, 0.5) is 4.39 Å². The van der Waals surface area contributed by atoms with Crippen LogP contribution in [0.25, 0.3) is 0 Å². The maximum absolute atomic E-state index is 13.9. The van der Waals surface area contributed by atoms with E-state index in [1.165, 1.54) is 6.07 Å². The topological polar surface area (TPSA) is 49.6 Å². The van der Waals surface area contributed by atoms with Crippen LogP contribution in [0.5, 0.6) is 0 Å². The van der Waals surface area contributed by atoms with Crippen molar-refractivity contribution in [2.75, 3.05) is 26.2 Å². The van der Waals surface area contributed by atoms with Gasteiger partial charge in [0, 0.05) is 55.3 Å². The summed E-state index contributed by atoms with van der Waals surface area (Å²) in [7, 11) is 0. The molecule has 0 unspecified atom stereocenters. The Morgan fingerprint density at radius 2 is 2.00 bits per heavy atom. The van der Waals surface area contributed by atoms with Gasteiger partial charge in [-0.2, -0.15) is 0 Å². The smallest absolute Gasteiger partial charge is 0.225 e. The molecule has 1 aromatic carbocycles. The van der Waals surface area contributed by atoms with Crippen LogP contribution in [0.3, 0.4) is 0 Å². The summed E-state index contributed by atoms with van der Waals surface area (Å²) >= 11 is 6.08. The Hall–Kier alpha value is -1.17. The third-order valence-corrected chi connectivity index (χ3v) is 5.30. The van der Waals surface area contributed by atoms with Crippen LogP contribution < -0.4 is 5.73 Å². The lowest BCUT2D eigenvalue weighted by molar-refractivity contribution is -0.137. The highest BCUT2D eigenvalue weighted by molar-refractivity contribution is 6.31. The fraction of sp³-hybridized carbons (Fsp3) is 0.588. The molecule has 1 aliphatic heterocycles. The SMILES string of the molecule is N[C@@H]1CC[C@H](C(=O)N2CCN(Cc3c(F)cccc3Cl)CC2)C1. The van der Waals surface area contributed by atoms with Crippen molar-refractivity contribution in [2.45, 2.75) is 31.8 Å². The van der Waals surface area contributed by atoms with Crippen LogP contribution in [0, 0.1) is 11.7 Å². The van der Waals surface area contributed by atoms with Crippen molar-refractivity contribution in [3.63, 3.8) is 0 Å². The number of hydrogen-bond donors (Lipinski definition) is 1. The van der Waals surface area contributed by atoms with E-state index >= 15 is 0 Å². The molecule has 1 amide bonds. The Balaban J connectivity index is 1.53. The van der Waals surface area contributed by atoms with Crippen LogP contribution in [0.15, 0.2) is 18.2 Å². The van der Waals surface area contributed by atoms with Gasteiger partial charge in [-0.1, -0.05) is 17.7 Å². The first-order valence-electron chi connectivity index (χ1n) is 8.24. The highest BCUT2D eigenvalue weighted by atomic mass is 35.5. The van der Waals surface area contributed by atoms with E-state index in [0.717, 1.165) is 32.4 Å². The zero-order chi connectivity index (χ0) is 16.4. The van der Waals surface area contributed by atoms with E-state index < -0.39 is 0 Å². The quantitative estimate of drug-likeness (QED) is 0.919.